The lowest BCUT2D eigenvalue weighted by molar-refractivity contribution is 0.0179. The van der Waals surface area contributed by atoms with Crippen LogP contribution >= 0.6 is 0 Å². The number of benzene rings is 3. The van der Waals surface area contributed by atoms with Crippen molar-refractivity contribution in [1.82, 2.24) is 10.2 Å². The Kier molecular flexibility index (Phi) is 6.79. The van der Waals surface area contributed by atoms with Gasteiger partial charge in [-0.05, 0) is 78.1 Å². The van der Waals surface area contributed by atoms with Crippen LogP contribution in [0.1, 0.15) is 52.7 Å². The minimum atomic E-state index is -0.823. The van der Waals surface area contributed by atoms with E-state index in [0.29, 0.717) is 30.6 Å². The Morgan fingerprint density at radius 1 is 1.05 bits per heavy atom. The highest BCUT2D eigenvalue weighted by Gasteiger charge is 2.42. The number of methoxy groups -OCH3 is 1. The van der Waals surface area contributed by atoms with Crippen LogP contribution in [0, 0.1) is 0 Å². The lowest BCUT2D eigenvalue weighted by Gasteiger charge is -2.41. The fourth-order valence-corrected chi connectivity index (χ4v) is 7.06. The van der Waals surface area contributed by atoms with Gasteiger partial charge in [-0.1, -0.05) is 12.1 Å². The standard InChI is InChI=1S/C33H36N2O7/c1-40-28-14-19(2-7-26(28)38)31-27(39)15-25-29-18(8-10-35-11-9-34-17-35)12-20-13-21(37)3-5-23(20)30(29)33-24(32(25)42-31)6-4-22(16-36)41-33/h2-3,5,7,9,11,13-14,18,22,27,31,34,36-39H,4,6,8,10,12,15-17H2,1H3/t18-,22+,27+,31+/m0/s1. The van der Waals surface area contributed by atoms with Crippen molar-refractivity contribution in [3.8, 4) is 39.9 Å². The third-order valence-electron chi connectivity index (χ3n) is 9.08. The first-order chi connectivity index (χ1) is 20.4. The molecule has 0 radical (unpaired) electrons. The summed E-state index contributed by atoms with van der Waals surface area (Å²) in [6.45, 7) is 1.52. The summed E-state index contributed by atoms with van der Waals surface area (Å²) in [6.07, 6.45) is 5.52. The molecule has 1 aliphatic carbocycles. The largest absolute Gasteiger partial charge is 0.508 e. The lowest BCUT2D eigenvalue weighted by Crippen LogP contribution is -2.35. The molecule has 220 valence electrons. The van der Waals surface area contributed by atoms with Crippen molar-refractivity contribution in [2.45, 2.75) is 56.3 Å². The predicted octanol–water partition coefficient (Wildman–Crippen LogP) is 3.86. The first-order valence-corrected chi connectivity index (χ1v) is 14.6. The Bertz CT molecular complexity index is 1550. The van der Waals surface area contributed by atoms with Crippen LogP contribution in [0.4, 0.5) is 0 Å². The van der Waals surface area contributed by atoms with Crippen molar-refractivity contribution in [3.63, 3.8) is 0 Å². The zero-order valence-electron chi connectivity index (χ0n) is 23.5. The second kappa shape index (κ2) is 10.6. The van der Waals surface area contributed by atoms with Crippen molar-refractivity contribution >= 4 is 0 Å². The quantitative estimate of drug-likeness (QED) is 0.300. The molecule has 0 bridgehead atoms. The van der Waals surface area contributed by atoms with Gasteiger partial charge in [0.25, 0.3) is 0 Å². The Morgan fingerprint density at radius 3 is 2.71 bits per heavy atom. The SMILES string of the molecule is COc1cc([C@H]2Oc3c4c(c5c(c3C[C@H]2O)[C@@H](CCN2C=CNC2)Cc2cc(O)ccc2-5)O[C@@H](CO)CC4)ccc1O. The zero-order chi connectivity index (χ0) is 29.0. The number of aliphatic hydroxyl groups excluding tert-OH is 2. The van der Waals surface area contributed by atoms with Crippen LogP contribution in [0.15, 0.2) is 48.8 Å². The molecule has 9 heteroatoms. The summed E-state index contributed by atoms with van der Waals surface area (Å²) in [5, 5.41) is 45.4. The van der Waals surface area contributed by atoms with Gasteiger partial charge < -0.3 is 44.9 Å². The molecule has 3 heterocycles. The number of nitrogens with zero attached hydrogens (tertiary/aromatic N) is 1. The first-order valence-electron chi connectivity index (χ1n) is 14.6. The summed E-state index contributed by atoms with van der Waals surface area (Å²) < 4.78 is 18.6. The van der Waals surface area contributed by atoms with Crippen molar-refractivity contribution in [2.75, 3.05) is 26.9 Å². The normalized spacial score (nSPS) is 23.5. The van der Waals surface area contributed by atoms with E-state index in [1.807, 2.05) is 18.3 Å². The zero-order valence-corrected chi connectivity index (χ0v) is 23.5. The number of hydrogen-bond donors (Lipinski definition) is 5. The molecular weight excluding hydrogens is 536 g/mol. The predicted molar refractivity (Wildman–Crippen MR) is 156 cm³/mol. The maximum absolute atomic E-state index is 11.6. The van der Waals surface area contributed by atoms with Crippen LogP contribution in [-0.4, -0.2) is 64.5 Å². The smallest absolute Gasteiger partial charge is 0.160 e. The Hall–Kier alpha value is -4.08. The molecule has 5 N–H and O–H groups in total. The average Bonchev–Trinajstić information content (AvgIpc) is 3.53. The molecule has 4 aliphatic rings. The van der Waals surface area contributed by atoms with E-state index in [4.69, 9.17) is 14.2 Å². The van der Waals surface area contributed by atoms with Crippen molar-refractivity contribution in [1.29, 1.82) is 0 Å². The van der Waals surface area contributed by atoms with Crippen molar-refractivity contribution in [3.05, 3.63) is 76.6 Å². The maximum Gasteiger partial charge on any atom is 0.160 e. The van der Waals surface area contributed by atoms with Crippen LogP contribution in [0.3, 0.4) is 0 Å². The number of aliphatic hydroxyl groups is 2. The average molecular weight is 573 g/mol. The van der Waals surface area contributed by atoms with E-state index in [1.54, 1.807) is 24.3 Å². The van der Waals surface area contributed by atoms with Crippen LogP contribution in [-0.2, 0) is 19.3 Å². The monoisotopic (exact) mass is 572 g/mol. The lowest BCUT2D eigenvalue weighted by atomic mass is 9.71. The molecule has 3 aliphatic heterocycles. The van der Waals surface area contributed by atoms with E-state index >= 15 is 0 Å². The fraction of sp³-hybridized carbons (Fsp3) is 0.394. The van der Waals surface area contributed by atoms with Gasteiger partial charge in [0.05, 0.1) is 26.5 Å². The second-order valence-corrected chi connectivity index (χ2v) is 11.6. The minimum Gasteiger partial charge on any atom is -0.508 e. The van der Waals surface area contributed by atoms with Crippen LogP contribution in [0.25, 0.3) is 11.1 Å². The molecule has 0 fully saturated rings. The highest BCUT2D eigenvalue weighted by atomic mass is 16.5. The molecule has 0 aromatic heterocycles. The van der Waals surface area contributed by atoms with Gasteiger partial charge >= 0.3 is 0 Å². The number of ether oxygens (including phenoxy) is 3. The van der Waals surface area contributed by atoms with Gasteiger partial charge in [0, 0.05) is 42.1 Å². The van der Waals surface area contributed by atoms with Gasteiger partial charge in [-0.25, -0.2) is 0 Å². The molecule has 4 atom stereocenters. The number of hydrogen-bond acceptors (Lipinski definition) is 9. The van der Waals surface area contributed by atoms with Crippen LogP contribution < -0.4 is 19.5 Å². The summed E-state index contributed by atoms with van der Waals surface area (Å²) in [5.74, 6) is 2.15. The van der Waals surface area contributed by atoms with Gasteiger partial charge in [-0.3, -0.25) is 0 Å². The summed E-state index contributed by atoms with van der Waals surface area (Å²) in [4.78, 5) is 2.24. The van der Waals surface area contributed by atoms with Gasteiger partial charge in [-0.2, -0.15) is 0 Å². The third-order valence-corrected chi connectivity index (χ3v) is 9.08. The number of phenolic OH excluding ortho intramolecular Hbond substituents is 2. The highest BCUT2D eigenvalue weighted by Crippen LogP contribution is 2.56. The van der Waals surface area contributed by atoms with E-state index in [2.05, 4.69) is 16.4 Å². The fourth-order valence-electron chi connectivity index (χ4n) is 7.06. The summed E-state index contributed by atoms with van der Waals surface area (Å²) in [5.41, 5.74) is 6.85. The molecule has 7 rings (SSSR count). The Labute approximate surface area is 244 Å². The van der Waals surface area contributed by atoms with Crippen molar-refractivity contribution < 1.29 is 34.6 Å². The molecule has 3 aromatic carbocycles. The van der Waals surface area contributed by atoms with E-state index in [9.17, 15) is 20.4 Å². The maximum atomic E-state index is 11.6. The summed E-state index contributed by atoms with van der Waals surface area (Å²) in [7, 11) is 1.50. The van der Waals surface area contributed by atoms with Crippen LogP contribution in [0.2, 0.25) is 0 Å². The molecule has 0 spiro atoms. The first kappa shape index (κ1) is 26.8. The van der Waals surface area contributed by atoms with E-state index < -0.39 is 12.2 Å². The van der Waals surface area contributed by atoms with Crippen molar-refractivity contribution in [2.24, 2.45) is 0 Å². The highest BCUT2D eigenvalue weighted by molar-refractivity contribution is 5.85. The number of rotatable bonds is 6. The van der Waals surface area contributed by atoms with E-state index in [1.165, 1.54) is 7.11 Å². The molecule has 0 amide bonds. The molecule has 0 saturated carbocycles. The van der Waals surface area contributed by atoms with Gasteiger partial charge in [0.1, 0.15) is 29.5 Å². The van der Waals surface area contributed by atoms with E-state index in [0.717, 1.165) is 70.9 Å². The molecular formula is C33H36N2O7. The number of aromatic hydroxyl groups is 2. The number of phenols is 2. The second-order valence-electron chi connectivity index (χ2n) is 11.6. The topological polar surface area (TPSA) is 124 Å². The Balaban J connectivity index is 1.40. The number of fused-ring (bicyclic) bond motifs is 8. The van der Waals surface area contributed by atoms with Gasteiger partial charge in [0.15, 0.2) is 11.5 Å². The van der Waals surface area contributed by atoms with Gasteiger partial charge in [0.2, 0.25) is 0 Å². The number of nitrogens with one attached hydrogen (secondary N) is 1. The molecule has 3 aromatic rings. The van der Waals surface area contributed by atoms with Gasteiger partial charge in [-0.15, -0.1) is 0 Å². The Morgan fingerprint density at radius 2 is 1.93 bits per heavy atom. The molecule has 42 heavy (non-hydrogen) atoms. The van der Waals surface area contributed by atoms with E-state index in [-0.39, 0.29) is 30.1 Å². The minimum absolute atomic E-state index is 0.0254. The molecule has 0 saturated heterocycles. The summed E-state index contributed by atoms with van der Waals surface area (Å²) in [6, 6.07) is 10.5. The third kappa shape index (κ3) is 4.48. The summed E-state index contributed by atoms with van der Waals surface area (Å²) >= 11 is 0. The van der Waals surface area contributed by atoms with Crippen LogP contribution in [0.5, 0.6) is 28.7 Å². The molecule has 9 nitrogen and oxygen atoms in total. The molecule has 0 unspecified atom stereocenters.